The van der Waals surface area contributed by atoms with Gasteiger partial charge >= 0.3 is 0 Å². The van der Waals surface area contributed by atoms with E-state index in [9.17, 15) is 0 Å². The Balaban J connectivity index is 1.20. The number of ether oxygens (including phenoxy) is 1. The summed E-state index contributed by atoms with van der Waals surface area (Å²) in [6, 6.07) is 36.2. The van der Waals surface area contributed by atoms with Gasteiger partial charge in [0.2, 0.25) is 11.8 Å². The smallest absolute Gasteiger partial charge is 0.221 e. The van der Waals surface area contributed by atoms with E-state index in [1.165, 1.54) is 44.5 Å². The van der Waals surface area contributed by atoms with Gasteiger partial charge in [-0.25, -0.2) is 9.97 Å². The lowest BCUT2D eigenvalue weighted by Crippen LogP contribution is -2.20. The molecule has 0 saturated heterocycles. The number of aryl methyl sites for hydroxylation is 2. The molecule has 3 nitrogen and oxygen atoms in total. The van der Waals surface area contributed by atoms with Crippen LogP contribution in [0.15, 0.2) is 157 Å². The number of allylic oxidation sites excluding steroid dienone is 10. The van der Waals surface area contributed by atoms with Crippen molar-refractivity contribution in [3.05, 3.63) is 185 Å². The minimum atomic E-state index is 0.215. The number of rotatable bonds is 0. The molecule has 214 valence electrons. The molecule has 6 heterocycles. The highest BCUT2D eigenvalue weighted by Gasteiger charge is 2.34. The first-order chi connectivity index (χ1) is 22.3. The van der Waals surface area contributed by atoms with Crippen LogP contribution in [0, 0.1) is 0 Å². The summed E-state index contributed by atoms with van der Waals surface area (Å²) in [6.45, 7) is 0. The highest BCUT2D eigenvalue weighted by molar-refractivity contribution is 5.81. The Morgan fingerprint density at radius 2 is 1.22 bits per heavy atom. The van der Waals surface area contributed by atoms with Crippen molar-refractivity contribution in [2.75, 3.05) is 0 Å². The lowest BCUT2D eigenvalue weighted by molar-refractivity contribution is 0.446. The Morgan fingerprint density at radius 1 is 0.556 bits per heavy atom. The zero-order chi connectivity index (χ0) is 29.7. The summed E-state index contributed by atoms with van der Waals surface area (Å²) in [5.74, 6) is 1.56. The Bertz CT molecular complexity index is 2130. The van der Waals surface area contributed by atoms with Crippen LogP contribution >= 0.6 is 0 Å². The lowest BCUT2D eigenvalue weighted by atomic mass is 9.67. The van der Waals surface area contributed by atoms with Crippen LogP contribution in [0.25, 0.3) is 28.1 Å². The summed E-state index contributed by atoms with van der Waals surface area (Å²) in [5.41, 5.74) is 14.8. The van der Waals surface area contributed by atoms with Crippen LogP contribution in [0.3, 0.4) is 0 Å². The van der Waals surface area contributed by atoms with Gasteiger partial charge in [0.25, 0.3) is 0 Å². The highest BCUT2D eigenvalue weighted by atomic mass is 16.5. The summed E-state index contributed by atoms with van der Waals surface area (Å²) in [6.07, 6.45) is 18.1. The minimum absolute atomic E-state index is 0.215. The summed E-state index contributed by atoms with van der Waals surface area (Å²) >= 11 is 0. The second kappa shape index (κ2) is 10.6. The van der Waals surface area contributed by atoms with Crippen LogP contribution in [0.1, 0.15) is 39.7 Å². The van der Waals surface area contributed by atoms with Gasteiger partial charge in [0.1, 0.15) is 0 Å². The molecule has 0 fully saturated rings. The number of fused-ring (bicyclic) bond motifs is 2. The van der Waals surface area contributed by atoms with Gasteiger partial charge in [-0.15, -0.1) is 0 Å². The Kier molecular flexibility index (Phi) is 6.09. The van der Waals surface area contributed by atoms with Crippen LogP contribution in [-0.4, -0.2) is 9.97 Å². The van der Waals surface area contributed by atoms with Crippen molar-refractivity contribution in [3.8, 4) is 34.3 Å². The van der Waals surface area contributed by atoms with Crippen molar-refractivity contribution in [1.29, 1.82) is 0 Å². The molecule has 10 bridgehead atoms. The Hall–Kier alpha value is -5.54. The van der Waals surface area contributed by atoms with Crippen LogP contribution < -0.4 is 4.74 Å². The monoisotopic (exact) mass is 578 g/mol. The first-order valence-electron chi connectivity index (χ1n) is 15.7. The molecule has 0 saturated carbocycles. The third kappa shape index (κ3) is 4.60. The number of hydrogen-bond acceptors (Lipinski definition) is 3. The third-order valence-electron chi connectivity index (χ3n) is 9.46. The van der Waals surface area contributed by atoms with Gasteiger partial charge in [-0.1, -0.05) is 121 Å². The van der Waals surface area contributed by atoms with Crippen LogP contribution in [0.2, 0.25) is 0 Å². The van der Waals surface area contributed by atoms with E-state index in [1.807, 2.05) is 36.4 Å². The van der Waals surface area contributed by atoms with Crippen molar-refractivity contribution in [3.63, 3.8) is 0 Å². The Morgan fingerprint density at radius 3 is 1.98 bits per heavy atom. The number of hydrogen-bond donors (Lipinski definition) is 0. The molecule has 0 radical (unpaired) electrons. The van der Waals surface area contributed by atoms with Crippen molar-refractivity contribution in [2.24, 2.45) is 0 Å². The van der Waals surface area contributed by atoms with Gasteiger partial charge < -0.3 is 4.74 Å². The summed E-state index contributed by atoms with van der Waals surface area (Å²) in [4.78, 5) is 9.63. The van der Waals surface area contributed by atoms with Crippen molar-refractivity contribution in [2.45, 2.75) is 24.7 Å². The molecule has 0 amide bonds. The molecule has 3 heteroatoms. The first-order valence-corrected chi connectivity index (χ1v) is 15.7. The average molecular weight is 579 g/mol. The van der Waals surface area contributed by atoms with E-state index in [0.717, 1.165) is 35.4 Å². The van der Waals surface area contributed by atoms with Gasteiger partial charge in [-0.3, -0.25) is 0 Å². The second-order valence-electron chi connectivity index (χ2n) is 12.1. The third-order valence-corrected chi connectivity index (χ3v) is 9.46. The van der Waals surface area contributed by atoms with E-state index in [-0.39, 0.29) is 5.92 Å². The molecule has 5 aromatic rings. The molecule has 12 rings (SSSR count). The molecule has 45 heavy (non-hydrogen) atoms. The minimum Gasteiger partial charge on any atom is -0.421 e. The lowest BCUT2D eigenvalue weighted by Gasteiger charge is -2.36. The maximum absolute atomic E-state index is 6.15. The van der Waals surface area contributed by atoms with Gasteiger partial charge in [-0.2, -0.15) is 0 Å². The number of nitrogens with zero attached hydrogens (tertiary/aromatic N) is 2. The van der Waals surface area contributed by atoms with E-state index < -0.39 is 0 Å². The maximum atomic E-state index is 6.15. The fourth-order valence-corrected chi connectivity index (χ4v) is 7.23. The maximum Gasteiger partial charge on any atom is 0.221 e. The number of pyridine rings is 2. The molecular formula is C42H30N2O. The molecule has 2 atom stereocenters. The van der Waals surface area contributed by atoms with Gasteiger partial charge in [0, 0.05) is 35.1 Å². The van der Waals surface area contributed by atoms with E-state index in [2.05, 4.69) is 109 Å². The fraction of sp³-hybridized carbons (Fsp3) is 0.0952. The second-order valence-corrected chi connectivity index (χ2v) is 12.1. The molecule has 3 aliphatic carbocycles. The van der Waals surface area contributed by atoms with Gasteiger partial charge in [0.15, 0.2) is 0 Å². The summed E-state index contributed by atoms with van der Waals surface area (Å²) < 4.78 is 6.15. The molecule has 2 aromatic heterocycles. The van der Waals surface area contributed by atoms with E-state index >= 15 is 0 Å². The van der Waals surface area contributed by atoms with Crippen molar-refractivity contribution in [1.82, 2.24) is 9.97 Å². The molecule has 4 aliphatic heterocycles. The standard InChI is InChI=1S/C42H30N2O/c1-2-8-34-33(7-1)35-25-24-32-26-37(35)42-31(6-3-9-36(34)42)19-16-27-14-17-29(18-15-27)38-10-4-12-40(43-38)45-41-13-5-11-39(44-41)30-22-20-28(32)21-23-30/h1-15,17-18,20-26,34,37H,16,19H2. The Labute approximate surface area is 263 Å². The molecule has 2 unspecified atom stereocenters. The highest BCUT2D eigenvalue weighted by Crippen LogP contribution is 2.50. The molecule has 7 aliphatic rings. The van der Waals surface area contributed by atoms with Crippen molar-refractivity contribution >= 4 is 5.57 Å². The topological polar surface area (TPSA) is 35.0 Å². The van der Waals surface area contributed by atoms with Crippen LogP contribution in [-0.2, 0) is 12.8 Å². The number of benzene rings is 3. The van der Waals surface area contributed by atoms with Crippen LogP contribution in [0.5, 0.6) is 11.8 Å². The van der Waals surface area contributed by atoms with Crippen molar-refractivity contribution < 1.29 is 4.74 Å². The predicted molar refractivity (Wildman–Crippen MR) is 181 cm³/mol. The van der Waals surface area contributed by atoms with E-state index in [0.29, 0.717) is 17.7 Å². The zero-order valence-corrected chi connectivity index (χ0v) is 24.7. The first kappa shape index (κ1) is 25.9. The van der Waals surface area contributed by atoms with Gasteiger partial charge in [-0.05, 0) is 69.5 Å². The zero-order valence-electron chi connectivity index (χ0n) is 24.7. The van der Waals surface area contributed by atoms with E-state index in [1.54, 1.807) is 0 Å². The fourth-order valence-electron chi connectivity index (χ4n) is 7.23. The molecule has 3 aromatic carbocycles. The average Bonchev–Trinajstić information content (AvgIpc) is 3.11. The van der Waals surface area contributed by atoms with E-state index in [4.69, 9.17) is 14.7 Å². The summed E-state index contributed by atoms with van der Waals surface area (Å²) in [7, 11) is 0. The molecule has 0 N–H and O–H groups in total. The SMILES string of the molecule is C1=CC2=C3C=CC4=CC3c3c(cccc3C2C=C1)CCc1ccc(cc1)-c1cccc(n1)Oc1cccc(n1)-c1ccc4cc1. The normalized spacial score (nSPS) is 18.9. The quantitative estimate of drug-likeness (QED) is 0.183. The van der Waals surface area contributed by atoms with Gasteiger partial charge in [0.05, 0.1) is 11.4 Å². The largest absolute Gasteiger partial charge is 0.421 e. The summed E-state index contributed by atoms with van der Waals surface area (Å²) in [5, 5.41) is 0. The molecule has 0 spiro atoms. The molecular weight excluding hydrogens is 548 g/mol. The number of aromatic nitrogens is 2. The van der Waals surface area contributed by atoms with Crippen LogP contribution in [0.4, 0.5) is 0 Å². The predicted octanol–water partition coefficient (Wildman–Crippen LogP) is 9.96.